The Morgan fingerprint density at radius 2 is 1.70 bits per heavy atom. The Balaban J connectivity index is 2.93. The number of primary amides is 1. The Hall–Kier alpha value is -2.77. The number of nitrogens with zero attached hydrogens (tertiary/aromatic N) is 2. The lowest BCUT2D eigenvalue weighted by molar-refractivity contribution is -0.141. The number of nitrogens with two attached hydrogens (primary N) is 2. The summed E-state index contributed by atoms with van der Waals surface area (Å²) in [5, 5.41) is 39.8. The normalized spacial score (nSPS) is 16.6. The van der Waals surface area contributed by atoms with Gasteiger partial charge in [-0.15, -0.1) is 10.2 Å². The molecule has 9 N–H and O–H groups in total. The number of aromatic nitrogens is 2. The van der Waals surface area contributed by atoms with Gasteiger partial charge in [0, 0.05) is 6.42 Å². The van der Waals surface area contributed by atoms with Gasteiger partial charge in [-0.05, 0) is 20.3 Å². The number of aliphatic hydroxyl groups is 2. The van der Waals surface area contributed by atoms with Crippen molar-refractivity contribution in [3.8, 4) is 0 Å². The molecule has 2 unspecified atom stereocenters. The van der Waals surface area contributed by atoms with E-state index >= 15 is 0 Å². The molecule has 152 valence electrons. The highest BCUT2D eigenvalue weighted by Gasteiger charge is 2.28. The van der Waals surface area contributed by atoms with Crippen molar-refractivity contribution in [2.75, 3.05) is 0 Å². The highest BCUT2D eigenvalue weighted by molar-refractivity contribution is 5.83. The minimum atomic E-state index is -1.55. The lowest BCUT2D eigenvalue weighted by atomic mass is 10.1. The molecule has 13 nitrogen and oxygen atoms in total. The van der Waals surface area contributed by atoms with Crippen molar-refractivity contribution in [1.82, 2.24) is 20.8 Å². The van der Waals surface area contributed by atoms with Crippen LogP contribution >= 0.6 is 0 Å². The molecule has 0 bridgehead atoms. The van der Waals surface area contributed by atoms with Crippen LogP contribution in [0.15, 0.2) is 4.42 Å². The lowest BCUT2D eigenvalue weighted by Crippen LogP contribution is -2.51. The summed E-state index contributed by atoms with van der Waals surface area (Å²) in [6.07, 6.45) is -2.47. The molecule has 0 radical (unpaired) electrons. The predicted octanol–water partition coefficient (Wildman–Crippen LogP) is -2.11. The molecule has 27 heavy (non-hydrogen) atoms. The molecule has 5 atom stereocenters. The molecule has 1 aromatic rings. The van der Waals surface area contributed by atoms with Crippen LogP contribution in [0.25, 0.3) is 0 Å². The van der Waals surface area contributed by atoms with Crippen molar-refractivity contribution in [3.05, 3.63) is 11.8 Å². The number of carbonyl (C=O) groups is 3. The van der Waals surface area contributed by atoms with Crippen LogP contribution in [0.4, 0.5) is 4.79 Å². The van der Waals surface area contributed by atoms with Crippen molar-refractivity contribution in [2.24, 2.45) is 11.5 Å². The molecule has 0 saturated heterocycles. The van der Waals surface area contributed by atoms with Crippen molar-refractivity contribution < 1.29 is 34.1 Å². The SMILES string of the molecule is CC(O)[C@H](NC(=O)N[C@@H](CCC(N)=O)c1nnc([C@@H](N)C(C)O)o1)C(=O)O. The average Bonchev–Trinajstić information content (AvgIpc) is 3.04. The predicted molar refractivity (Wildman–Crippen MR) is 88.8 cm³/mol. The van der Waals surface area contributed by atoms with Crippen molar-refractivity contribution in [3.63, 3.8) is 0 Å². The molecule has 0 aliphatic rings. The van der Waals surface area contributed by atoms with E-state index in [1.807, 2.05) is 0 Å². The monoisotopic (exact) mass is 388 g/mol. The van der Waals surface area contributed by atoms with Gasteiger partial charge in [-0.3, -0.25) is 4.79 Å². The van der Waals surface area contributed by atoms with E-state index in [-0.39, 0.29) is 24.6 Å². The summed E-state index contributed by atoms with van der Waals surface area (Å²) in [5.41, 5.74) is 10.8. The highest BCUT2D eigenvalue weighted by Crippen LogP contribution is 2.20. The number of urea groups is 1. The Labute approximate surface area is 154 Å². The minimum Gasteiger partial charge on any atom is -0.480 e. The first-order valence-electron chi connectivity index (χ1n) is 8.06. The Kier molecular flexibility index (Phi) is 8.08. The minimum absolute atomic E-state index is 0.0132. The molecule has 1 rings (SSSR count). The van der Waals surface area contributed by atoms with Gasteiger partial charge in [0.1, 0.15) is 12.1 Å². The summed E-state index contributed by atoms with van der Waals surface area (Å²) in [4.78, 5) is 34.2. The van der Waals surface area contributed by atoms with Gasteiger partial charge in [0.05, 0.1) is 12.2 Å². The quantitative estimate of drug-likeness (QED) is 0.231. The number of hydrogen-bond donors (Lipinski definition) is 7. The van der Waals surface area contributed by atoms with E-state index in [0.717, 1.165) is 0 Å². The van der Waals surface area contributed by atoms with E-state index in [0.29, 0.717) is 0 Å². The van der Waals surface area contributed by atoms with E-state index in [1.54, 1.807) is 0 Å². The number of aliphatic carboxylic acids is 1. The van der Waals surface area contributed by atoms with Crippen molar-refractivity contribution >= 4 is 17.9 Å². The van der Waals surface area contributed by atoms with Crippen LogP contribution in [0.5, 0.6) is 0 Å². The van der Waals surface area contributed by atoms with Gasteiger partial charge < -0.3 is 41.8 Å². The summed E-state index contributed by atoms with van der Waals surface area (Å²) in [7, 11) is 0. The fourth-order valence-corrected chi connectivity index (χ4v) is 2.00. The van der Waals surface area contributed by atoms with E-state index < -0.39 is 48.2 Å². The third-order valence-electron chi connectivity index (χ3n) is 3.58. The summed E-state index contributed by atoms with van der Waals surface area (Å²) in [6, 6.07) is -4.44. The standard InChI is InChI=1S/C14H24N6O7/c1-5(21)9(16)12-20-19-11(27-12)7(3-4-8(15)23)17-14(26)18-10(6(2)22)13(24)25/h5-7,9-10,21-22H,3-4,16H2,1-2H3,(H2,15,23)(H,24,25)(H2,17,18,26)/t5?,6?,7-,9-,10-/m0/s1. The molecule has 0 aromatic carbocycles. The second-order valence-corrected chi connectivity index (χ2v) is 5.98. The first-order valence-corrected chi connectivity index (χ1v) is 8.06. The third kappa shape index (κ3) is 6.80. The first-order chi connectivity index (χ1) is 12.5. The zero-order valence-corrected chi connectivity index (χ0v) is 14.8. The molecule has 1 aromatic heterocycles. The van der Waals surface area contributed by atoms with Gasteiger partial charge in [-0.1, -0.05) is 0 Å². The highest BCUT2D eigenvalue weighted by atomic mass is 16.4. The molecular weight excluding hydrogens is 364 g/mol. The first kappa shape index (κ1) is 22.3. The maximum Gasteiger partial charge on any atom is 0.328 e. The number of carbonyl (C=O) groups excluding carboxylic acids is 2. The summed E-state index contributed by atoms with van der Waals surface area (Å²) in [5.74, 6) is -2.27. The fraction of sp³-hybridized carbons (Fsp3) is 0.643. The van der Waals surface area contributed by atoms with Gasteiger partial charge in [0.25, 0.3) is 0 Å². The second kappa shape index (κ2) is 9.80. The van der Waals surface area contributed by atoms with Crippen LogP contribution in [0.2, 0.25) is 0 Å². The van der Waals surface area contributed by atoms with E-state index in [9.17, 15) is 24.6 Å². The summed E-state index contributed by atoms with van der Waals surface area (Å²) in [6.45, 7) is 2.62. The number of amides is 3. The van der Waals surface area contributed by atoms with Crippen LogP contribution in [0.1, 0.15) is 50.6 Å². The van der Waals surface area contributed by atoms with Crippen LogP contribution < -0.4 is 22.1 Å². The summed E-state index contributed by atoms with van der Waals surface area (Å²) < 4.78 is 5.33. The topological polar surface area (TPSA) is 227 Å². The molecule has 0 saturated carbocycles. The van der Waals surface area contributed by atoms with Crippen molar-refractivity contribution in [2.45, 2.75) is 57.0 Å². The number of hydrogen-bond acceptors (Lipinski definition) is 9. The van der Waals surface area contributed by atoms with E-state index in [2.05, 4.69) is 20.8 Å². The molecule has 1 heterocycles. The maximum atomic E-state index is 12.1. The number of nitrogens with one attached hydrogen (secondary N) is 2. The zero-order valence-electron chi connectivity index (χ0n) is 14.8. The van der Waals surface area contributed by atoms with Gasteiger partial charge in [-0.25, -0.2) is 9.59 Å². The maximum absolute atomic E-state index is 12.1. The van der Waals surface area contributed by atoms with Crippen LogP contribution in [-0.4, -0.2) is 61.7 Å². The van der Waals surface area contributed by atoms with Gasteiger partial charge in [-0.2, -0.15) is 0 Å². The lowest BCUT2D eigenvalue weighted by Gasteiger charge is -2.20. The average molecular weight is 388 g/mol. The smallest absolute Gasteiger partial charge is 0.328 e. The summed E-state index contributed by atoms with van der Waals surface area (Å²) >= 11 is 0. The molecule has 0 spiro atoms. The second-order valence-electron chi connectivity index (χ2n) is 5.98. The Morgan fingerprint density at radius 1 is 1.11 bits per heavy atom. The number of carboxylic acids is 1. The van der Waals surface area contributed by atoms with Crippen molar-refractivity contribution in [1.29, 1.82) is 0 Å². The van der Waals surface area contributed by atoms with Gasteiger partial charge in [0.2, 0.25) is 17.7 Å². The number of aliphatic hydroxyl groups excluding tert-OH is 2. The fourth-order valence-electron chi connectivity index (χ4n) is 2.00. The Bertz CT molecular complexity index is 662. The van der Waals surface area contributed by atoms with Crippen LogP contribution in [0, 0.1) is 0 Å². The largest absolute Gasteiger partial charge is 0.480 e. The molecular formula is C14H24N6O7. The molecule has 13 heteroatoms. The van der Waals surface area contributed by atoms with Crippen LogP contribution in [0.3, 0.4) is 0 Å². The Morgan fingerprint density at radius 3 is 2.19 bits per heavy atom. The van der Waals surface area contributed by atoms with Crippen LogP contribution in [-0.2, 0) is 9.59 Å². The number of carboxylic acid groups (broad SMARTS) is 1. The molecule has 0 fully saturated rings. The zero-order chi connectivity index (χ0) is 20.7. The van der Waals surface area contributed by atoms with Gasteiger partial charge in [0.15, 0.2) is 6.04 Å². The molecule has 0 aliphatic heterocycles. The van der Waals surface area contributed by atoms with E-state index in [1.165, 1.54) is 13.8 Å². The van der Waals surface area contributed by atoms with Gasteiger partial charge >= 0.3 is 12.0 Å². The molecule has 0 aliphatic carbocycles. The molecule has 3 amide bonds. The number of rotatable bonds is 10. The van der Waals surface area contributed by atoms with E-state index in [4.69, 9.17) is 21.0 Å². The third-order valence-corrected chi connectivity index (χ3v) is 3.58.